The predicted molar refractivity (Wildman–Crippen MR) is 74.8 cm³/mol. The van der Waals surface area contributed by atoms with Crippen LogP contribution in [0.4, 0.5) is 0 Å². The van der Waals surface area contributed by atoms with E-state index in [1.54, 1.807) is 6.20 Å². The maximum absolute atomic E-state index is 10.9. The van der Waals surface area contributed by atoms with E-state index >= 15 is 0 Å². The third-order valence-corrected chi connectivity index (χ3v) is 4.45. The monoisotopic (exact) mass is 256 g/mol. The molecule has 0 aliphatic heterocycles. The van der Waals surface area contributed by atoms with Crippen LogP contribution >= 0.6 is 0 Å². The predicted octanol–water partition coefficient (Wildman–Crippen LogP) is 3.06. The van der Waals surface area contributed by atoms with Crippen LogP contribution in [0.15, 0.2) is 42.6 Å². The van der Waals surface area contributed by atoms with E-state index in [9.17, 15) is 5.11 Å². The van der Waals surface area contributed by atoms with Gasteiger partial charge >= 0.3 is 0 Å². The summed E-state index contributed by atoms with van der Waals surface area (Å²) < 4.78 is 1.90. The van der Waals surface area contributed by atoms with Crippen LogP contribution in [0.1, 0.15) is 43.5 Å². The molecule has 3 nitrogen and oxygen atoms in total. The van der Waals surface area contributed by atoms with Crippen LogP contribution in [0.5, 0.6) is 0 Å². The molecule has 0 amide bonds. The molecule has 0 radical (unpaired) electrons. The Morgan fingerprint density at radius 2 is 2.00 bits per heavy atom. The lowest BCUT2D eigenvalue weighted by Crippen LogP contribution is -2.41. The van der Waals surface area contributed by atoms with Gasteiger partial charge in [0.25, 0.3) is 0 Å². The summed E-state index contributed by atoms with van der Waals surface area (Å²) >= 11 is 0. The summed E-state index contributed by atoms with van der Waals surface area (Å²) in [6, 6.07) is 12.3. The lowest BCUT2D eigenvalue weighted by atomic mass is 9.60. The van der Waals surface area contributed by atoms with Crippen molar-refractivity contribution in [3.05, 3.63) is 53.9 Å². The van der Waals surface area contributed by atoms with E-state index in [0.29, 0.717) is 0 Å². The Kier molecular flexibility index (Phi) is 3.15. The Balaban J connectivity index is 1.99. The lowest BCUT2D eigenvalue weighted by Gasteiger charge is -2.46. The minimum atomic E-state index is -0.467. The maximum atomic E-state index is 10.9. The molecule has 1 heterocycles. The first kappa shape index (κ1) is 12.4. The largest absolute Gasteiger partial charge is 0.386 e. The van der Waals surface area contributed by atoms with Gasteiger partial charge in [-0.25, -0.2) is 0 Å². The molecule has 3 rings (SSSR count). The molecule has 1 N–H and O–H groups in total. The highest BCUT2D eigenvalue weighted by Crippen LogP contribution is 2.51. The van der Waals surface area contributed by atoms with E-state index < -0.39 is 6.10 Å². The number of benzene rings is 1. The summed E-state index contributed by atoms with van der Waals surface area (Å²) in [5.74, 6) is 0. The fourth-order valence-electron chi connectivity index (χ4n) is 3.17. The summed E-state index contributed by atoms with van der Waals surface area (Å²) in [5, 5.41) is 15.2. The molecular formula is C16H20N2O. The van der Waals surface area contributed by atoms with Crippen LogP contribution in [0.3, 0.4) is 0 Å². The van der Waals surface area contributed by atoms with Crippen LogP contribution in [-0.4, -0.2) is 14.9 Å². The van der Waals surface area contributed by atoms with Crippen molar-refractivity contribution in [1.29, 1.82) is 0 Å². The summed E-state index contributed by atoms with van der Waals surface area (Å²) in [6.45, 7) is 2.85. The first-order valence-corrected chi connectivity index (χ1v) is 7.03. The average molecular weight is 256 g/mol. The van der Waals surface area contributed by atoms with Gasteiger partial charge in [-0.2, -0.15) is 5.10 Å². The van der Waals surface area contributed by atoms with Gasteiger partial charge in [-0.05, 0) is 31.4 Å². The van der Waals surface area contributed by atoms with Crippen molar-refractivity contribution in [2.75, 3.05) is 0 Å². The molecule has 1 aromatic heterocycles. The minimum absolute atomic E-state index is 0.117. The molecule has 1 saturated carbocycles. The van der Waals surface area contributed by atoms with E-state index in [1.807, 2.05) is 16.8 Å². The molecule has 1 fully saturated rings. The average Bonchev–Trinajstić information content (AvgIpc) is 2.87. The van der Waals surface area contributed by atoms with Gasteiger partial charge in [-0.3, -0.25) is 4.68 Å². The molecule has 0 spiro atoms. The Labute approximate surface area is 113 Å². The molecule has 1 aliphatic carbocycles. The van der Waals surface area contributed by atoms with E-state index in [2.05, 4.69) is 36.3 Å². The number of aliphatic hydroxyl groups is 1. The molecule has 19 heavy (non-hydrogen) atoms. The second-order valence-corrected chi connectivity index (χ2v) is 5.35. The van der Waals surface area contributed by atoms with Crippen molar-refractivity contribution < 1.29 is 5.11 Å². The second-order valence-electron chi connectivity index (χ2n) is 5.35. The Morgan fingerprint density at radius 1 is 1.26 bits per heavy atom. The lowest BCUT2D eigenvalue weighted by molar-refractivity contribution is 0.0206. The topological polar surface area (TPSA) is 38.0 Å². The highest BCUT2D eigenvalue weighted by Gasteiger charge is 2.46. The zero-order chi connectivity index (χ0) is 13.3. The van der Waals surface area contributed by atoms with Gasteiger partial charge in [-0.1, -0.05) is 36.8 Å². The molecule has 100 valence electrons. The van der Waals surface area contributed by atoms with Crippen molar-refractivity contribution in [3.63, 3.8) is 0 Å². The normalized spacial score (nSPS) is 18.8. The van der Waals surface area contributed by atoms with Gasteiger partial charge in [0.2, 0.25) is 0 Å². The third-order valence-electron chi connectivity index (χ3n) is 4.45. The zero-order valence-corrected chi connectivity index (χ0v) is 11.3. The fraction of sp³-hybridized carbons (Fsp3) is 0.438. The molecule has 1 unspecified atom stereocenters. The standard InChI is InChI=1S/C16H20N2O/c1-2-18-14(9-12-17-18)15(19)16(10-6-11-16)13-7-4-3-5-8-13/h3-5,7-9,12,15,19H,2,6,10-11H2,1H3. The van der Waals surface area contributed by atoms with Crippen molar-refractivity contribution >= 4 is 0 Å². The Hall–Kier alpha value is -1.61. The van der Waals surface area contributed by atoms with Crippen LogP contribution in [0, 0.1) is 0 Å². The van der Waals surface area contributed by atoms with Crippen molar-refractivity contribution in [2.24, 2.45) is 0 Å². The summed E-state index contributed by atoms with van der Waals surface area (Å²) in [7, 11) is 0. The number of aliphatic hydroxyl groups excluding tert-OH is 1. The van der Waals surface area contributed by atoms with Gasteiger partial charge in [0.15, 0.2) is 0 Å². The van der Waals surface area contributed by atoms with E-state index in [4.69, 9.17) is 0 Å². The number of rotatable bonds is 4. The first-order chi connectivity index (χ1) is 9.28. The molecule has 3 heteroatoms. The van der Waals surface area contributed by atoms with Crippen molar-refractivity contribution in [3.8, 4) is 0 Å². The number of aromatic nitrogens is 2. The van der Waals surface area contributed by atoms with E-state index in [-0.39, 0.29) is 5.41 Å². The quantitative estimate of drug-likeness (QED) is 0.913. The highest BCUT2D eigenvalue weighted by atomic mass is 16.3. The molecule has 0 bridgehead atoms. The molecule has 1 aromatic carbocycles. The molecule has 1 aliphatic rings. The van der Waals surface area contributed by atoms with Crippen molar-refractivity contribution in [1.82, 2.24) is 9.78 Å². The minimum Gasteiger partial charge on any atom is -0.386 e. The first-order valence-electron chi connectivity index (χ1n) is 7.03. The van der Waals surface area contributed by atoms with Gasteiger partial charge in [-0.15, -0.1) is 0 Å². The van der Waals surface area contributed by atoms with Crippen LogP contribution in [0.25, 0.3) is 0 Å². The Bertz CT molecular complexity index is 543. The van der Waals surface area contributed by atoms with Gasteiger partial charge in [0, 0.05) is 18.2 Å². The summed E-state index contributed by atoms with van der Waals surface area (Å²) in [4.78, 5) is 0. The number of hydrogen-bond donors (Lipinski definition) is 1. The van der Waals surface area contributed by atoms with Gasteiger partial charge in [0.1, 0.15) is 6.10 Å². The summed E-state index contributed by atoms with van der Waals surface area (Å²) in [6.07, 6.45) is 4.59. The van der Waals surface area contributed by atoms with Crippen LogP contribution in [0.2, 0.25) is 0 Å². The highest BCUT2D eigenvalue weighted by molar-refractivity contribution is 5.32. The Morgan fingerprint density at radius 3 is 2.58 bits per heavy atom. The zero-order valence-electron chi connectivity index (χ0n) is 11.3. The second kappa shape index (κ2) is 4.82. The van der Waals surface area contributed by atoms with E-state index in [0.717, 1.165) is 25.1 Å². The number of aryl methyl sites for hydroxylation is 1. The van der Waals surface area contributed by atoms with Gasteiger partial charge < -0.3 is 5.11 Å². The molecule has 2 aromatic rings. The number of nitrogens with zero attached hydrogens (tertiary/aromatic N) is 2. The fourth-order valence-corrected chi connectivity index (χ4v) is 3.17. The number of hydrogen-bond acceptors (Lipinski definition) is 2. The summed E-state index contributed by atoms with van der Waals surface area (Å²) in [5.41, 5.74) is 2.07. The smallest absolute Gasteiger partial charge is 0.105 e. The van der Waals surface area contributed by atoms with Gasteiger partial charge in [0.05, 0.1) is 5.69 Å². The molecular weight excluding hydrogens is 236 g/mol. The van der Waals surface area contributed by atoms with Crippen LogP contribution < -0.4 is 0 Å². The SMILES string of the molecule is CCn1nccc1C(O)C1(c2ccccc2)CCC1. The third kappa shape index (κ3) is 1.89. The molecule has 1 atom stereocenters. The molecule has 0 saturated heterocycles. The van der Waals surface area contributed by atoms with E-state index in [1.165, 1.54) is 12.0 Å². The van der Waals surface area contributed by atoms with Crippen LogP contribution in [-0.2, 0) is 12.0 Å². The maximum Gasteiger partial charge on any atom is 0.105 e. The van der Waals surface area contributed by atoms with Crippen molar-refractivity contribution in [2.45, 2.75) is 44.2 Å².